The van der Waals surface area contributed by atoms with Gasteiger partial charge >= 0.3 is 0 Å². The van der Waals surface area contributed by atoms with E-state index in [2.05, 4.69) is 0 Å². The van der Waals surface area contributed by atoms with Gasteiger partial charge in [0, 0.05) is 46.3 Å². The standard InChI is InChI=1S/C28H43N3O6S/c1-36-22-28-11-5-6-14-29(26(32)21-23-9-15-31(16-10-23)38(2,34)35)19-20-37-25-8-4-3-7-24(25)27(33)30(17-12-28)18-13-28/h3-4,7-8,23H,5-6,9-22H2,1-2H3. The van der Waals surface area contributed by atoms with Gasteiger partial charge < -0.3 is 19.3 Å². The molecule has 2 bridgehead atoms. The van der Waals surface area contributed by atoms with Crippen molar-refractivity contribution in [3.8, 4) is 5.75 Å². The third-order valence-corrected chi connectivity index (χ3v) is 9.84. The highest BCUT2D eigenvalue weighted by molar-refractivity contribution is 7.88. The van der Waals surface area contributed by atoms with Gasteiger partial charge in [-0.2, -0.15) is 0 Å². The summed E-state index contributed by atoms with van der Waals surface area (Å²) in [6.07, 6.45) is 7.81. The molecule has 9 nitrogen and oxygen atoms in total. The van der Waals surface area contributed by atoms with E-state index in [0.29, 0.717) is 83.1 Å². The van der Waals surface area contributed by atoms with E-state index < -0.39 is 10.0 Å². The molecule has 2 amide bonds. The molecule has 10 heteroatoms. The fourth-order valence-electron chi connectivity index (χ4n) is 6.15. The molecule has 5 rings (SSSR count). The second-order valence-corrected chi connectivity index (χ2v) is 13.2. The summed E-state index contributed by atoms with van der Waals surface area (Å²) in [6, 6.07) is 7.37. The first-order chi connectivity index (χ1) is 18.2. The molecule has 0 aromatic heterocycles. The Labute approximate surface area is 227 Å². The summed E-state index contributed by atoms with van der Waals surface area (Å²) in [6.45, 7) is 4.49. The Balaban J connectivity index is 1.45. The second kappa shape index (κ2) is 12.8. The van der Waals surface area contributed by atoms with Gasteiger partial charge in [0.2, 0.25) is 15.9 Å². The lowest BCUT2D eigenvalue weighted by atomic mass is 9.75. The topological polar surface area (TPSA) is 96.5 Å². The Morgan fingerprint density at radius 3 is 2.42 bits per heavy atom. The number of rotatable bonds is 5. The first-order valence-corrected chi connectivity index (χ1v) is 15.8. The monoisotopic (exact) mass is 549 g/mol. The van der Waals surface area contributed by atoms with Crippen LogP contribution in [0.25, 0.3) is 0 Å². The van der Waals surface area contributed by atoms with Crippen molar-refractivity contribution in [2.24, 2.45) is 11.3 Å². The first kappa shape index (κ1) is 28.8. The van der Waals surface area contributed by atoms with E-state index in [0.717, 1.165) is 32.1 Å². The van der Waals surface area contributed by atoms with Crippen molar-refractivity contribution in [2.75, 3.05) is 65.8 Å². The van der Waals surface area contributed by atoms with Gasteiger partial charge in [-0.05, 0) is 62.0 Å². The predicted molar refractivity (Wildman–Crippen MR) is 146 cm³/mol. The zero-order valence-electron chi connectivity index (χ0n) is 22.9. The van der Waals surface area contributed by atoms with Gasteiger partial charge in [-0.3, -0.25) is 9.59 Å². The summed E-state index contributed by atoms with van der Waals surface area (Å²) in [5.74, 6) is 0.834. The molecule has 1 aromatic carbocycles. The molecule has 0 aliphatic carbocycles. The highest BCUT2D eigenvalue weighted by Crippen LogP contribution is 2.38. The molecule has 0 unspecified atom stereocenters. The fourth-order valence-corrected chi connectivity index (χ4v) is 7.02. The van der Waals surface area contributed by atoms with Crippen molar-refractivity contribution in [1.82, 2.24) is 14.1 Å². The van der Waals surface area contributed by atoms with Gasteiger partial charge in [-0.1, -0.05) is 18.6 Å². The number of piperidine rings is 2. The Kier molecular flexibility index (Phi) is 9.70. The Morgan fingerprint density at radius 2 is 1.74 bits per heavy atom. The van der Waals surface area contributed by atoms with Gasteiger partial charge in [0.15, 0.2) is 0 Å². The van der Waals surface area contributed by atoms with Crippen LogP contribution in [0.4, 0.5) is 0 Å². The number of ether oxygens (including phenoxy) is 2. The van der Waals surface area contributed by atoms with Crippen LogP contribution in [0.5, 0.6) is 5.75 Å². The average Bonchev–Trinajstić information content (AvgIpc) is 2.90. The van der Waals surface area contributed by atoms with Gasteiger partial charge in [-0.25, -0.2) is 12.7 Å². The lowest BCUT2D eigenvalue weighted by molar-refractivity contribution is -0.133. The summed E-state index contributed by atoms with van der Waals surface area (Å²) >= 11 is 0. The maximum Gasteiger partial charge on any atom is 0.257 e. The zero-order valence-corrected chi connectivity index (χ0v) is 23.7. The highest BCUT2D eigenvalue weighted by Gasteiger charge is 2.36. The van der Waals surface area contributed by atoms with E-state index in [9.17, 15) is 18.0 Å². The number of nitrogens with zero attached hydrogens (tertiary/aromatic N) is 3. The molecule has 0 saturated carbocycles. The van der Waals surface area contributed by atoms with Crippen LogP contribution in [0.1, 0.15) is 61.7 Å². The summed E-state index contributed by atoms with van der Waals surface area (Å²) in [5.41, 5.74) is 0.626. The molecule has 4 aliphatic heterocycles. The molecular weight excluding hydrogens is 506 g/mol. The number of benzene rings is 1. The third-order valence-electron chi connectivity index (χ3n) is 8.54. The fraction of sp³-hybridized carbons (Fsp3) is 0.714. The van der Waals surface area contributed by atoms with Crippen molar-refractivity contribution in [3.05, 3.63) is 29.8 Å². The number of sulfonamides is 1. The lowest BCUT2D eigenvalue weighted by Crippen LogP contribution is -2.45. The van der Waals surface area contributed by atoms with E-state index in [-0.39, 0.29) is 23.1 Å². The van der Waals surface area contributed by atoms with Crippen molar-refractivity contribution >= 4 is 21.8 Å². The molecule has 0 N–H and O–H groups in total. The van der Waals surface area contributed by atoms with Crippen LogP contribution >= 0.6 is 0 Å². The van der Waals surface area contributed by atoms with Crippen molar-refractivity contribution in [3.63, 3.8) is 0 Å². The Hall–Kier alpha value is -2.17. The molecule has 0 atom stereocenters. The molecule has 2 fully saturated rings. The quantitative estimate of drug-likeness (QED) is 0.560. The Bertz CT molecular complexity index is 1060. The molecule has 4 aliphatic rings. The zero-order chi connectivity index (χ0) is 27.2. The maximum absolute atomic E-state index is 13.4. The predicted octanol–water partition coefficient (Wildman–Crippen LogP) is 3.01. The van der Waals surface area contributed by atoms with Crippen LogP contribution in [0, 0.1) is 11.3 Å². The number of hydrogen-bond acceptors (Lipinski definition) is 6. The van der Waals surface area contributed by atoms with Crippen LogP contribution in [0.2, 0.25) is 0 Å². The Morgan fingerprint density at radius 1 is 1.03 bits per heavy atom. The normalized spacial score (nSPS) is 22.3. The average molecular weight is 550 g/mol. The molecular formula is C28H43N3O6S. The van der Waals surface area contributed by atoms with Crippen LogP contribution in [0.3, 0.4) is 0 Å². The number of carbonyl (C=O) groups is 2. The van der Waals surface area contributed by atoms with Crippen LogP contribution < -0.4 is 4.74 Å². The molecule has 38 heavy (non-hydrogen) atoms. The second-order valence-electron chi connectivity index (χ2n) is 11.2. The number of amides is 2. The number of hydrogen-bond donors (Lipinski definition) is 0. The third kappa shape index (κ3) is 7.27. The number of para-hydroxylation sites is 1. The van der Waals surface area contributed by atoms with Gasteiger partial charge in [0.1, 0.15) is 12.4 Å². The molecule has 1 aromatic rings. The number of methoxy groups -OCH3 is 1. The highest BCUT2D eigenvalue weighted by atomic mass is 32.2. The molecule has 212 valence electrons. The summed E-state index contributed by atoms with van der Waals surface area (Å²) in [4.78, 5) is 30.6. The van der Waals surface area contributed by atoms with Crippen molar-refractivity contribution < 1.29 is 27.5 Å². The van der Waals surface area contributed by atoms with E-state index in [1.54, 1.807) is 7.11 Å². The van der Waals surface area contributed by atoms with E-state index in [1.807, 2.05) is 34.1 Å². The van der Waals surface area contributed by atoms with Crippen molar-refractivity contribution in [2.45, 2.75) is 51.4 Å². The van der Waals surface area contributed by atoms with E-state index >= 15 is 0 Å². The van der Waals surface area contributed by atoms with Crippen LogP contribution in [0.15, 0.2) is 24.3 Å². The SMILES string of the molecule is COCC12CCCCN(C(=O)CC3CCN(S(C)(=O)=O)CC3)CCOc3ccccc3C(=O)N(CC1)CC2. The molecule has 0 spiro atoms. The minimum Gasteiger partial charge on any atom is -0.491 e. The van der Waals surface area contributed by atoms with Crippen molar-refractivity contribution in [1.29, 1.82) is 0 Å². The number of carbonyl (C=O) groups excluding carboxylic acids is 2. The molecule has 2 saturated heterocycles. The van der Waals surface area contributed by atoms with Crippen LogP contribution in [-0.4, -0.2) is 100 Å². The summed E-state index contributed by atoms with van der Waals surface area (Å²) in [7, 11) is -1.44. The largest absolute Gasteiger partial charge is 0.491 e. The van der Waals surface area contributed by atoms with Crippen LogP contribution in [-0.2, 0) is 19.6 Å². The minimum atomic E-state index is -3.19. The minimum absolute atomic E-state index is 0.00476. The molecule has 0 radical (unpaired) electrons. The lowest BCUT2D eigenvalue weighted by Gasteiger charge is -2.41. The first-order valence-electron chi connectivity index (χ1n) is 13.9. The smallest absolute Gasteiger partial charge is 0.257 e. The maximum atomic E-state index is 13.4. The van der Waals surface area contributed by atoms with Gasteiger partial charge in [0.25, 0.3) is 5.91 Å². The van der Waals surface area contributed by atoms with E-state index in [4.69, 9.17) is 9.47 Å². The van der Waals surface area contributed by atoms with Gasteiger partial charge in [0.05, 0.1) is 25.0 Å². The van der Waals surface area contributed by atoms with E-state index in [1.165, 1.54) is 10.6 Å². The number of fused-ring (bicyclic) bond motifs is 9. The molecule has 4 heterocycles. The van der Waals surface area contributed by atoms with Gasteiger partial charge in [-0.15, -0.1) is 0 Å². The summed E-state index contributed by atoms with van der Waals surface area (Å²) < 4.78 is 36.9. The summed E-state index contributed by atoms with van der Waals surface area (Å²) in [5, 5.41) is 0.